The molecule has 0 unspecified atom stereocenters. The molecule has 0 aromatic heterocycles. The van der Waals surface area contributed by atoms with Crippen molar-refractivity contribution in [3.63, 3.8) is 0 Å². The molecule has 0 N–H and O–H groups in total. The van der Waals surface area contributed by atoms with Gasteiger partial charge in [0.2, 0.25) is 0 Å². The van der Waals surface area contributed by atoms with E-state index in [-0.39, 0.29) is 0 Å². The summed E-state index contributed by atoms with van der Waals surface area (Å²) in [6.45, 7) is 46.0. The van der Waals surface area contributed by atoms with E-state index in [0.717, 1.165) is 0 Å². The molecule has 0 spiro atoms. The van der Waals surface area contributed by atoms with Gasteiger partial charge in [-0.15, -0.1) is 0 Å². The minimum atomic E-state index is -1.63. The molecule has 42 heavy (non-hydrogen) atoms. The van der Waals surface area contributed by atoms with Crippen LogP contribution in [0.3, 0.4) is 0 Å². The van der Waals surface area contributed by atoms with E-state index in [1.807, 2.05) is 0 Å². The Morgan fingerprint density at radius 3 is 0.690 bits per heavy atom. The number of hydrogen-bond acceptors (Lipinski definition) is 2. The van der Waals surface area contributed by atoms with Crippen LogP contribution in [0.15, 0.2) is 48.5 Å². The average molecular weight is 706 g/mol. The van der Waals surface area contributed by atoms with Crippen molar-refractivity contribution in [2.24, 2.45) is 0 Å². The molecule has 0 aliphatic carbocycles. The minimum Gasteiger partial charge on any atom is -0.378 e. The van der Waals surface area contributed by atoms with Crippen LogP contribution >= 0.6 is 0 Å². The smallest absolute Gasteiger partial charge is 0.0711 e. The number of nitrogens with zero attached hydrogens (tertiary/aromatic N) is 2. The standard InChI is InChI=1S/C32H68N2Si8/c1-33(2)29-21-25-31(26-22-29)35(5,6)37(9,10)39(13,14)41(17,18)42(19,20)40(15,16)38(11,12)36(7,8)32-27-23-30(24-28-32)34(3)4/h21-28H,1-20H3. The molecule has 2 aromatic rings. The van der Waals surface area contributed by atoms with Crippen LogP contribution in [0.25, 0.3) is 0 Å². The van der Waals surface area contributed by atoms with Crippen LogP contribution in [0.1, 0.15) is 0 Å². The van der Waals surface area contributed by atoms with Gasteiger partial charge >= 0.3 is 0 Å². The molecule has 0 amide bonds. The Balaban J connectivity index is 2.63. The van der Waals surface area contributed by atoms with Crippen LogP contribution in [-0.2, 0) is 0 Å². The van der Waals surface area contributed by atoms with E-state index in [4.69, 9.17) is 0 Å². The van der Waals surface area contributed by atoms with Gasteiger partial charge in [0.1, 0.15) is 0 Å². The highest BCUT2D eigenvalue weighted by Crippen LogP contribution is 2.45. The Morgan fingerprint density at radius 1 is 0.310 bits per heavy atom. The Hall–Kier alpha value is -0.225. The Labute approximate surface area is 269 Å². The third kappa shape index (κ3) is 5.66. The zero-order chi connectivity index (χ0) is 33.1. The van der Waals surface area contributed by atoms with Gasteiger partial charge in [-0.25, -0.2) is 0 Å². The van der Waals surface area contributed by atoms with Crippen molar-refractivity contribution < 1.29 is 0 Å². The third-order valence-corrected chi connectivity index (χ3v) is 187. The fraction of sp³-hybridized carbons (Fsp3) is 0.625. The second-order valence-electron chi connectivity index (χ2n) is 17.9. The maximum absolute atomic E-state index is 2.94. The predicted molar refractivity (Wildman–Crippen MR) is 221 cm³/mol. The van der Waals surface area contributed by atoms with Crippen molar-refractivity contribution >= 4 is 79.6 Å². The normalized spacial score (nSPS) is 14.7. The Morgan fingerprint density at radius 2 is 0.500 bits per heavy atom. The maximum atomic E-state index is 2.94. The van der Waals surface area contributed by atoms with Gasteiger partial charge in [-0.05, 0) is 24.3 Å². The predicted octanol–water partition coefficient (Wildman–Crippen LogP) is 8.15. The molecule has 0 radical (unpaired) electrons. The summed E-state index contributed by atoms with van der Waals surface area (Å²) >= 11 is 0. The number of benzene rings is 2. The first-order valence-electron chi connectivity index (χ1n) is 16.1. The zero-order valence-electron chi connectivity index (χ0n) is 31.5. The molecule has 0 saturated carbocycles. The third-order valence-electron chi connectivity index (χ3n) is 15.1. The molecule has 10 heteroatoms. The lowest BCUT2D eigenvalue weighted by molar-refractivity contribution is 1.13. The van der Waals surface area contributed by atoms with Crippen molar-refractivity contribution in [2.75, 3.05) is 38.0 Å². The summed E-state index contributed by atoms with van der Waals surface area (Å²) in [6, 6.07) is 19.6. The Kier molecular flexibility index (Phi) is 10.7. The van der Waals surface area contributed by atoms with E-state index >= 15 is 0 Å². The van der Waals surface area contributed by atoms with E-state index in [2.05, 4.69) is 191 Å². The summed E-state index contributed by atoms with van der Waals surface area (Å²) in [5, 5.41) is 3.41. The molecule has 0 atom stereocenters. The van der Waals surface area contributed by atoms with E-state index in [1.54, 1.807) is 10.4 Å². The Bertz CT molecular complexity index is 1130. The van der Waals surface area contributed by atoms with Crippen LogP contribution in [0.4, 0.5) is 11.4 Å². The topological polar surface area (TPSA) is 6.48 Å². The van der Waals surface area contributed by atoms with Gasteiger partial charge in [-0.3, -0.25) is 0 Å². The van der Waals surface area contributed by atoms with Crippen LogP contribution < -0.4 is 20.2 Å². The molecular weight excluding hydrogens is 637 g/mol. The highest BCUT2D eigenvalue weighted by atomic mass is 30.1. The first kappa shape index (κ1) is 38.0. The minimum absolute atomic E-state index is 1.32. The summed E-state index contributed by atoms with van der Waals surface area (Å²) in [5.41, 5.74) is 2.65. The molecule has 238 valence electrons. The molecule has 0 saturated heterocycles. The van der Waals surface area contributed by atoms with Crippen molar-refractivity contribution in [3.05, 3.63) is 48.5 Å². The SMILES string of the molecule is CN(C)c1ccc([Si](C)(C)[Si](C)(C)[Si](C)(C)[Si](C)(C)[Si](C)(C)[Si](C)(C)[Si](C)(C)[Si](C)(C)c2ccc(N(C)C)cc2)cc1. The number of hydrogen-bond donors (Lipinski definition) is 0. The molecule has 0 heterocycles. The average Bonchev–Trinajstić information content (AvgIpc) is 2.87. The molecule has 2 rings (SSSR count). The monoisotopic (exact) mass is 704 g/mol. The second-order valence-corrected chi connectivity index (χ2v) is 107. The van der Waals surface area contributed by atoms with Gasteiger partial charge in [-0.1, -0.05) is 139 Å². The molecule has 0 aliphatic rings. The van der Waals surface area contributed by atoms with Crippen molar-refractivity contribution in [1.29, 1.82) is 0 Å². The van der Waals surface area contributed by atoms with E-state index < -0.39 is 57.8 Å². The quantitative estimate of drug-likeness (QED) is 0.218. The van der Waals surface area contributed by atoms with Crippen LogP contribution in [0.5, 0.6) is 0 Å². The van der Waals surface area contributed by atoms with Gasteiger partial charge in [0.15, 0.2) is 0 Å². The second kappa shape index (κ2) is 11.9. The summed E-state index contributed by atoms with van der Waals surface area (Å²) < 4.78 is 0. The van der Waals surface area contributed by atoms with E-state index in [1.165, 1.54) is 11.4 Å². The zero-order valence-corrected chi connectivity index (χ0v) is 39.5. The summed E-state index contributed by atoms with van der Waals surface area (Å²) in [6.07, 6.45) is 0. The molecular formula is C32H68N2Si8. The molecule has 0 fully saturated rings. The first-order chi connectivity index (χ1) is 18.6. The number of anilines is 2. The summed E-state index contributed by atoms with van der Waals surface area (Å²) in [7, 11) is -3.86. The molecule has 0 aliphatic heterocycles. The largest absolute Gasteiger partial charge is 0.378 e. The summed E-state index contributed by atoms with van der Waals surface area (Å²) in [5.74, 6) is 0. The van der Waals surface area contributed by atoms with E-state index in [0.29, 0.717) is 0 Å². The van der Waals surface area contributed by atoms with Crippen LogP contribution in [0.2, 0.25) is 105 Å². The van der Waals surface area contributed by atoms with E-state index in [9.17, 15) is 0 Å². The summed E-state index contributed by atoms with van der Waals surface area (Å²) in [4.78, 5) is 4.48. The molecule has 2 aromatic carbocycles. The first-order valence-corrected chi connectivity index (χ1v) is 47.1. The van der Waals surface area contributed by atoms with Crippen LogP contribution in [-0.4, -0.2) is 86.0 Å². The fourth-order valence-electron chi connectivity index (χ4n) is 7.76. The number of rotatable bonds is 11. The van der Waals surface area contributed by atoms with Crippen molar-refractivity contribution in [3.8, 4) is 0 Å². The van der Waals surface area contributed by atoms with Gasteiger partial charge in [0.25, 0.3) is 0 Å². The lowest BCUT2D eigenvalue weighted by Crippen LogP contribution is -2.93. The maximum Gasteiger partial charge on any atom is 0.0711 e. The molecule has 2 nitrogen and oxygen atoms in total. The van der Waals surface area contributed by atoms with Crippen molar-refractivity contribution in [1.82, 2.24) is 0 Å². The lowest BCUT2D eigenvalue weighted by atomic mass is 10.3. The van der Waals surface area contributed by atoms with Gasteiger partial charge in [0, 0.05) is 82.2 Å². The van der Waals surface area contributed by atoms with Gasteiger partial charge in [-0.2, -0.15) is 0 Å². The lowest BCUT2D eigenvalue weighted by Gasteiger charge is -2.65. The fourth-order valence-corrected chi connectivity index (χ4v) is 239. The molecule has 0 bridgehead atoms. The van der Waals surface area contributed by atoms with Crippen molar-refractivity contribution in [2.45, 2.75) is 105 Å². The van der Waals surface area contributed by atoms with Gasteiger partial charge < -0.3 is 9.80 Å². The highest BCUT2D eigenvalue weighted by molar-refractivity contribution is 8.04. The van der Waals surface area contributed by atoms with Gasteiger partial charge in [0.05, 0.1) is 15.2 Å². The van der Waals surface area contributed by atoms with Crippen LogP contribution in [0, 0.1) is 0 Å². The highest BCUT2D eigenvalue weighted by Gasteiger charge is 2.69.